The summed E-state index contributed by atoms with van der Waals surface area (Å²) in [5.41, 5.74) is 3.44. The van der Waals surface area contributed by atoms with Gasteiger partial charge in [0.25, 0.3) is 0 Å². The third kappa shape index (κ3) is 4.49. The van der Waals surface area contributed by atoms with E-state index in [1.54, 1.807) is 35.5 Å². The van der Waals surface area contributed by atoms with E-state index in [1.165, 1.54) is 17.3 Å². The number of carbonyl (C=O) groups is 1. The van der Waals surface area contributed by atoms with E-state index in [1.807, 2.05) is 47.9 Å². The Labute approximate surface area is 176 Å². The van der Waals surface area contributed by atoms with Crippen LogP contribution in [0.15, 0.2) is 72.4 Å². The Morgan fingerprint density at radius 1 is 1.21 bits per heavy atom. The zero-order chi connectivity index (χ0) is 20.2. The molecule has 0 aliphatic rings. The summed E-state index contributed by atoms with van der Waals surface area (Å²) < 4.78 is 3.53. The van der Waals surface area contributed by atoms with Gasteiger partial charge in [-0.2, -0.15) is 5.10 Å². The molecule has 0 saturated heterocycles. The fourth-order valence-corrected chi connectivity index (χ4v) is 3.64. The maximum atomic E-state index is 12.6. The van der Waals surface area contributed by atoms with Crippen LogP contribution >= 0.6 is 23.4 Å². The molecule has 9 heteroatoms. The van der Waals surface area contributed by atoms with Crippen molar-refractivity contribution < 1.29 is 4.79 Å². The van der Waals surface area contributed by atoms with Gasteiger partial charge in [-0.15, -0.1) is 10.2 Å². The largest absolute Gasteiger partial charge is 0.323 e. The summed E-state index contributed by atoms with van der Waals surface area (Å²) in [7, 11) is 0. The molecule has 0 radical (unpaired) electrons. The summed E-state index contributed by atoms with van der Waals surface area (Å²) in [5.74, 6) is -0.000527. The van der Waals surface area contributed by atoms with Gasteiger partial charge in [0.05, 0.1) is 17.1 Å². The number of aromatic nitrogens is 5. The lowest BCUT2D eigenvalue weighted by Crippen LogP contribution is -2.16. The van der Waals surface area contributed by atoms with Crippen LogP contribution in [0.1, 0.15) is 5.56 Å². The molecule has 0 aliphatic heterocycles. The van der Waals surface area contributed by atoms with Crippen LogP contribution in [0.4, 0.5) is 5.69 Å². The van der Waals surface area contributed by atoms with Crippen molar-refractivity contribution in [3.8, 4) is 11.4 Å². The summed E-state index contributed by atoms with van der Waals surface area (Å²) in [4.78, 5) is 12.6. The Morgan fingerprint density at radius 2 is 2.03 bits per heavy atom. The molecule has 0 aliphatic carbocycles. The first-order valence-electron chi connectivity index (χ1n) is 8.79. The van der Waals surface area contributed by atoms with E-state index in [4.69, 9.17) is 11.6 Å². The molecule has 0 unspecified atom stereocenters. The van der Waals surface area contributed by atoms with Crippen molar-refractivity contribution in [3.63, 3.8) is 0 Å². The zero-order valence-corrected chi connectivity index (χ0v) is 17.1. The highest BCUT2D eigenvalue weighted by Crippen LogP contribution is 2.25. The molecule has 2 aromatic carbocycles. The van der Waals surface area contributed by atoms with Crippen LogP contribution in [-0.4, -0.2) is 36.2 Å². The van der Waals surface area contributed by atoms with E-state index in [2.05, 4.69) is 20.6 Å². The average molecular weight is 425 g/mol. The second-order valence-electron chi connectivity index (χ2n) is 6.27. The third-order valence-electron chi connectivity index (χ3n) is 4.14. The predicted molar refractivity (Wildman–Crippen MR) is 114 cm³/mol. The molecule has 0 fully saturated rings. The molecule has 2 heterocycles. The molecule has 2 aromatic heterocycles. The quantitative estimate of drug-likeness (QED) is 0.470. The number of amides is 1. The van der Waals surface area contributed by atoms with Gasteiger partial charge >= 0.3 is 0 Å². The van der Waals surface area contributed by atoms with Gasteiger partial charge < -0.3 is 5.32 Å². The second kappa shape index (κ2) is 8.50. The minimum Gasteiger partial charge on any atom is -0.323 e. The Bertz CT molecular complexity index is 1120. The normalized spacial score (nSPS) is 10.8. The maximum absolute atomic E-state index is 12.6. The van der Waals surface area contributed by atoms with Gasteiger partial charge in [0.2, 0.25) is 5.91 Å². The van der Waals surface area contributed by atoms with Crippen molar-refractivity contribution in [2.75, 3.05) is 11.1 Å². The number of halogens is 1. The van der Waals surface area contributed by atoms with Crippen LogP contribution < -0.4 is 5.32 Å². The van der Waals surface area contributed by atoms with Gasteiger partial charge in [-0.25, -0.2) is 4.68 Å². The van der Waals surface area contributed by atoms with Gasteiger partial charge in [-0.05, 0) is 43.3 Å². The molecule has 0 bridgehead atoms. The molecule has 1 amide bonds. The Morgan fingerprint density at radius 3 is 2.79 bits per heavy atom. The van der Waals surface area contributed by atoms with Gasteiger partial charge in [-0.3, -0.25) is 9.36 Å². The summed E-state index contributed by atoms with van der Waals surface area (Å²) in [6.07, 6.45) is 5.11. The van der Waals surface area contributed by atoms with Crippen molar-refractivity contribution >= 4 is 35.0 Å². The van der Waals surface area contributed by atoms with Gasteiger partial charge in [0.1, 0.15) is 6.33 Å². The zero-order valence-electron chi connectivity index (χ0n) is 15.5. The highest BCUT2D eigenvalue weighted by atomic mass is 35.5. The number of rotatable bonds is 6. The van der Waals surface area contributed by atoms with Crippen LogP contribution in [0.2, 0.25) is 5.02 Å². The van der Waals surface area contributed by atoms with Crippen molar-refractivity contribution in [1.29, 1.82) is 0 Å². The van der Waals surface area contributed by atoms with E-state index < -0.39 is 0 Å². The fourth-order valence-electron chi connectivity index (χ4n) is 2.74. The molecule has 146 valence electrons. The molecule has 7 nitrogen and oxygen atoms in total. The highest BCUT2D eigenvalue weighted by molar-refractivity contribution is 7.99. The Kier molecular flexibility index (Phi) is 5.64. The molecule has 4 rings (SSSR count). The van der Waals surface area contributed by atoms with E-state index in [0.717, 1.165) is 11.4 Å². The topological polar surface area (TPSA) is 77.6 Å². The number of thioether (sulfide) groups is 1. The minimum atomic E-state index is -0.177. The lowest BCUT2D eigenvalue weighted by Gasteiger charge is -2.12. The first kappa shape index (κ1) is 19.2. The Hall–Kier alpha value is -3.10. The van der Waals surface area contributed by atoms with E-state index in [9.17, 15) is 4.79 Å². The van der Waals surface area contributed by atoms with E-state index in [-0.39, 0.29) is 11.7 Å². The average Bonchev–Trinajstić information content (AvgIpc) is 3.39. The van der Waals surface area contributed by atoms with Crippen LogP contribution in [0.5, 0.6) is 0 Å². The number of nitrogens with one attached hydrogen (secondary N) is 1. The molecule has 0 saturated carbocycles. The molecule has 4 aromatic rings. The second-order valence-corrected chi connectivity index (χ2v) is 7.65. The third-order valence-corrected chi connectivity index (χ3v) is 5.32. The summed E-state index contributed by atoms with van der Waals surface area (Å²) in [5, 5.41) is 16.4. The minimum absolute atomic E-state index is 0.176. The SMILES string of the molecule is Cc1ccc(-n2cnnc2SCC(=O)Nc2cc(Cl)ccc2-n2cccn2)cc1. The first-order valence-corrected chi connectivity index (χ1v) is 10.2. The molecular weight excluding hydrogens is 408 g/mol. The monoisotopic (exact) mass is 424 g/mol. The molecule has 29 heavy (non-hydrogen) atoms. The van der Waals surface area contributed by atoms with E-state index >= 15 is 0 Å². The smallest absolute Gasteiger partial charge is 0.234 e. The predicted octanol–water partition coefficient (Wildman–Crippen LogP) is 4.15. The number of anilines is 1. The van der Waals surface area contributed by atoms with Crippen molar-refractivity contribution in [2.24, 2.45) is 0 Å². The summed E-state index contributed by atoms with van der Waals surface area (Å²) >= 11 is 7.42. The number of carbonyl (C=O) groups excluding carboxylic acids is 1. The molecular formula is C20H17ClN6OS. The van der Waals surface area contributed by atoms with Crippen LogP contribution in [-0.2, 0) is 4.79 Å². The number of aryl methyl sites for hydroxylation is 1. The van der Waals surface area contributed by atoms with Crippen LogP contribution in [0.25, 0.3) is 11.4 Å². The molecule has 1 N–H and O–H groups in total. The lowest BCUT2D eigenvalue weighted by atomic mass is 10.2. The van der Waals surface area contributed by atoms with Gasteiger partial charge in [0.15, 0.2) is 5.16 Å². The van der Waals surface area contributed by atoms with Crippen LogP contribution in [0, 0.1) is 6.92 Å². The maximum Gasteiger partial charge on any atom is 0.234 e. The standard InChI is InChI=1S/C20H17ClN6OS/c1-14-3-6-16(7-4-14)26-13-22-25-20(26)29-12-19(28)24-17-11-15(21)5-8-18(17)27-10-2-9-23-27/h2-11,13H,12H2,1H3,(H,24,28). The van der Waals surface area contributed by atoms with Crippen molar-refractivity contribution in [2.45, 2.75) is 12.1 Å². The molecule has 0 atom stereocenters. The summed E-state index contributed by atoms with van der Waals surface area (Å²) in [6.45, 7) is 2.03. The molecule has 0 spiro atoms. The van der Waals surface area contributed by atoms with E-state index in [0.29, 0.717) is 15.9 Å². The number of benzene rings is 2. The number of hydrogen-bond acceptors (Lipinski definition) is 5. The summed E-state index contributed by atoms with van der Waals surface area (Å²) in [6, 6.07) is 15.1. The van der Waals surface area contributed by atoms with Crippen LogP contribution in [0.3, 0.4) is 0 Å². The fraction of sp³-hybridized carbons (Fsp3) is 0.100. The number of nitrogens with zero attached hydrogens (tertiary/aromatic N) is 5. The lowest BCUT2D eigenvalue weighted by molar-refractivity contribution is -0.113. The first-order chi connectivity index (χ1) is 14.1. The Balaban J connectivity index is 1.47. The van der Waals surface area contributed by atoms with Crippen molar-refractivity contribution in [1.82, 2.24) is 24.5 Å². The highest BCUT2D eigenvalue weighted by Gasteiger charge is 2.13. The van der Waals surface area contributed by atoms with Gasteiger partial charge in [0, 0.05) is 23.1 Å². The van der Waals surface area contributed by atoms with Crippen molar-refractivity contribution in [3.05, 3.63) is 77.8 Å². The van der Waals surface area contributed by atoms with Gasteiger partial charge in [-0.1, -0.05) is 41.1 Å². The number of hydrogen-bond donors (Lipinski definition) is 1.